The van der Waals surface area contributed by atoms with Gasteiger partial charge in [-0.25, -0.2) is 0 Å². The van der Waals surface area contributed by atoms with Crippen LogP contribution in [0.15, 0.2) is 16.6 Å². The molecule has 4 heteroatoms. The lowest BCUT2D eigenvalue weighted by atomic mass is 9.90. The van der Waals surface area contributed by atoms with Crippen LogP contribution in [0.4, 0.5) is 0 Å². The van der Waals surface area contributed by atoms with Gasteiger partial charge in [-0.3, -0.25) is 0 Å². The monoisotopic (exact) mass is 311 g/mol. The number of piperidine rings is 1. The van der Waals surface area contributed by atoms with Crippen LogP contribution < -0.4 is 10.1 Å². The molecule has 2 aliphatic rings. The molecule has 0 aliphatic carbocycles. The minimum Gasteiger partial charge on any atom is -0.467 e. The zero-order chi connectivity index (χ0) is 12.4. The molecule has 0 aromatic heterocycles. The first-order chi connectivity index (χ1) is 8.83. The molecule has 2 heterocycles. The second-order valence-electron chi connectivity index (χ2n) is 5.06. The molecule has 0 bridgehead atoms. The van der Waals surface area contributed by atoms with Gasteiger partial charge in [0.25, 0.3) is 0 Å². The highest BCUT2D eigenvalue weighted by Gasteiger charge is 2.18. The maximum atomic E-state index is 5.55. The van der Waals surface area contributed by atoms with Crippen LogP contribution in [0.1, 0.15) is 24.0 Å². The van der Waals surface area contributed by atoms with E-state index in [9.17, 15) is 0 Å². The Morgan fingerprint density at radius 1 is 1.28 bits per heavy atom. The number of benzene rings is 1. The molecule has 18 heavy (non-hydrogen) atoms. The van der Waals surface area contributed by atoms with Crippen molar-refractivity contribution in [2.24, 2.45) is 5.92 Å². The Morgan fingerprint density at radius 3 is 2.94 bits per heavy atom. The summed E-state index contributed by atoms with van der Waals surface area (Å²) in [5.74, 6) is 1.79. The van der Waals surface area contributed by atoms with Crippen molar-refractivity contribution in [3.05, 3.63) is 27.7 Å². The molecule has 0 amide bonds. The molecule has 3 nitrogen and oxygen atoms in total. The minimum absolute atomic E-state index is 0.376. The van der Waals surface area contributed by atoms with E-state index >= 15 is 0 Å². The lowest BCUT2D eigenvalue weighted by molar-refractivity contribution is -0.0164. The van der Waals surface area contributed by atoms with Gasteiger partial charge in [-0.1, -0.05) is 15.9 Å². The largest absolute Gasteiger partial charge is 0.467 e. The van der Waals surface area contributed by atoms with E-state index in [2.05, 4.69) is 33.4 Å². The van der Waals surface area contributed by atoms with Gasteiger partial charge in [0.1, 0.15) is 5.75 Å². The average Bonchev–Trinajstić information content (AvgIpc) is 2.41. The smallest absolute Gasteiger partial charge is 0.189 e. The Morgan fingerprint density at radius 2 is 2.11 bits per heavy atom. The second kappa shape index (κ2) is 5.59. The van der Waals surface area contributed by atoms with Gasteiger partial charge in [-0.15, -0.1) is 0 Å². The van der Waals surface area contributed by atoms with E-state index in [4.69, 9.17) is 9.47 Å². The number of hydrogen-bond donors (Lipinski definition) is 1. The molecule has 1 N–H and O–H groups in total. The number of rotatable bonds is 2. The van der Waals surface area contributed by atoms with E-state index in [0.717, 1.165) is 36.7 Å². The summed E-state index contributed by atoms with van der Waals surface area (Å²) in [7, 11) is 0. The molecule has 1 aromatic rings. The Balaban J connectivity index is 1.78. The Bertz CT molecular complexity index is 430. The summed E-state index contributed by atoms with van der Waals surface area (Å²) in [6.07, 6.45) is 3.68. The fourth-order valence-electron chi connectivity index (χ4n) is 2.69. The van der Waals surface area contributed by atoms with Crippen LogP contribution in [-0.2, 0) is 17.8 Å². The molecule has 98 valence electrons. The van der Waals surface area contributed by atoms with Gasteiger partial charge in [0.2, 0.25) is 0 Å². The van der Waals surface area contributed by atoms with Gasteiger partial charge in [0.05, 0.1) is 6.61 Å². The molecule has 1 aromatic carbocycles. The predicted octanol–water partition coefficient (Wildman–Crippen LogP) is 2.86. The summed E-state index contributed by atoms with van der Waals surface area (Å²) in [5, 5.41) is 3.41. The first kappa shape index (κ1) is 12.5. The lowest BCUT2D eigenvalue weighted by Crippen LogP contribution is -2.28. The highest BCUT2D eigenvalue weighted by molar-refractivity contribution is 9.10. The fraction of sp³-hybridized carbons (Fsp3) is 0.571. The number of nitrogens with one attached hydrogen (secondary N) is 1. The molecule has 3 rings (SSSR count). The minimum atomic E-state index is 0.376. The van der Waals surface area contributed by atoms with Gasteiger partial charge in [0.15, 0.2) is 6.79 Å². The average molecular weight is 312 g/mol. The molecule has 0 unspecified atom stereocenters. The summed E-state index contributed by atoms with van der Waals surface area (Å²) in [6.45, 7) is 3.33. The lowest BCUT2D eigenvalue weighted by Gasteiger charge is -2.24. The summed E-state index contributed by atoms with van der Waals surface area (Å²) in [6, 6.07) is 4.33. The third kappa shape index (κ3) is 2.71. The van der Waals surface area contributed by atoms with Gasteiger partial charge in [-0.2, -0.15) is 0 Å². The summed E-state index contributed by atoms with van der Waals surface area (Å²) in [4.78, 5) is 0. The Kier molecular flexibility index (Phi) is 3.87. The van der Waals surface area contributed by atoms with Crippen LogP contribution in [0.3, 0.4) is 0 Å². The molecule has 1 fully saturated rings. The molecule has 0 spiro atoms. The van der Waals surface area contributed by atoms with Crippen molar-refractivity contribution in [3.8, 4) is 5.75 Å². The first-order valence-corrected chi connectivity index (χ1v) is 7.35. The van der Waals surface area contributed by atoms with Crippen molar-refractivity contribution in [2.45, 2.75) is 25.9 Å². The van der Waals surface area contributed by atoms with Gasteiger partial charge in [-0.05, 0) is 56.0 Å². The van der Waals surface area contributed by atoms with E-state index < -0.39 is 0 Å². The van der Waals surface area contributed by atoms with Crippen molar-refractivity contribution in [1.82, 2.24) is 5.32 Å². The van der Waals surface area contributed by atoms with Crippen LogP contribution in [-0.4, -0.2) is 19.9 Å². The number of fused-ring (bicyclic) bond motifs is 1. The molecule has 0 atom stereocenters. The zero-order valence-electron chi connectivity index (χ0n) is 10.4. The van der Waals surface area contributed by atoms with E-state index in [1.54, 1.807) is 0 Å². The second-order valence-corrected chi connectivity index (χ2v) is 5.91. The van der Waals surface area contributed by atoms with E-state index in [1.165, 1.54) is 22.9 Å². The predicted molar refractivity (Wildman–Crippen MR) is 73.7 cm³/mol. The fourth-order valence-corrected chi connectivity index (χ4v) is 3.25. The van der Waals surface area contributed by atoms with Gasteiger partial charge >= 0.3 is 0 Å². The van der Waals surface area contributed by atoms with Gasteiger partial charge < -0.3 is 14.8 Å². The zero-order valence-corrected chi connectivity index (χ0v) is 12.0. The molecular formula is C14H18BrNO2. The van der Waals surface area contributed by atoms with E-state index in [0.29, 0.717) is 13.4 Å². The third-order valence-corrected chi connectivity index (χ3v) is 4.49. The standard InChI is InChI=1S/C14H18BrNO2/c15-13-6-12-8-17-9-18-14(12)7-11(13)5-10-1-3-16-4-2-10/h6-7,10,16H,1-5,8-9H2. The normalized spacial score (nSPS) is 20.3. The number of ether oxygens (including phenoxy) is 2. The highest BCUT2D eigenvalue weighted by atomic mass is 79.9. The SMILES string of the molecule is Brc1cc2c(cc1CC1CCNCC1)OCOC2. The topological polar surface area (TPSA) is 30.5 Å². The van der Waals surface area contributed by atoms with Crippen LogP contribution in [0.2, 0.25) is 0 Å². The van der Waals surface area contributed by atoms with Crippen molar-refractivity contribution in [2.75, 3.05) is 19.9 Å². The molecule has 1 saturated heterocycles. The van der Waals surface area contributed by atoms with Crippen LogP contribution in [0, 0.1) is 5.92 Å². The number of hydrogen-bond acceptors (Lipinski definition) is 3. The van der Waals surface area contributed by atoms with Crippen molar-refractivity contribution < 1.29 is 9.47 Å². The van der Waals surface area contributed by atoms with E-state index in [-0.39, 0.29) is 0 Å². The first-order valence-electron chi connectivity index (χ1n) is 6.55. The molecular weight excluding hydrogens is 294 g/mol. The Labute approximate surface area is 116 Å². The molecule has 0 saturated carbocycles. The Hall–Kier alpha value is -0.580. The van der Waals surface area contributed by atoms with Crippen molar-refractivity contribution in [1.29, 1.82) is 0 Å². The summed E-state index contributed by atoms with van der Waals surface area (Å²) in [5.41, 5.74) is 2.50. The maximum Gasteiger partial charge on any atom is 0.189 e. The maximum absolute atomic E-state index is 5.55. The molecule has 0 radical (unpaired) electrons. The number of halogens is 1. The highest BCUT2D eigenvalue weighted by Crippen LogP contribution is 2.32. The van der Waals surface area contributed by atoms with E-state index in [1.807, 2.05) is 0 Å². The van der Waals surface area contributed by atoms with Crippen molar-refractivity contribution in [3.63, 3.8) is 0 Å². The summed E-state index contributed by atoms with van der Waals surface area (Å²) >= 11 is 3.68. The van der Waals surface area contributed by atoms with Crippen LogP contribution in [0.25, 0.3) is 0 Å². The van der Waals surface area contributed by atoms with Crippen LogP contribution in [0.5, 0.6) is 5.75 Å². The third-order valence-electron chi connectivity index (χ3n) is 3.75. The summed E-state index contributed by atoms with van der Waals surface area (Å²) < 4.78 is 12.0. The van der Waals surface area contributed by atoms with Crippen LogP contribution >= 0.6 is 15.9 Å². The van der Waals surface area contributed by atoms with Gasteiger partial charge in [0, 0.05) is 10.0 Å². The van der Waals surface area contributed by atoms with Crippen molar-refractivity contribution >= 4 is 15.9 Å². The molecule has 2 aliphatic heterocycles. The quantitative estimate of drug-likeness (QED) is 0.911.